The Balaban J connectivity index is 1.34. The smallest absolute Gasteiger partial charge is 0.138 e. The second-order valence-corrected chi connectivity index (χ2v) is 8.36. The second kappa shape index (κ2) is 9.63. The number of aromatic nitrogens is 2. The Hall–Kier alpha value is -3.05. The average molecular weight is 416 g/mol. The first-order valence-corrected chi connectivity index (χ1v) is 11.2. The van der Waals surface area contributed by atoms with Gasteiger partial charge in [0.25, 0.3) is 0 Å². The zero-order valence-electron chi connectivity index (χ0n) is 17.1. The van der Waals surface area contributed by atoms with Crippen LogP contribution in [0.3, 0.4) is 0 Å². The van der Waals surface area contributed by atoms with Crippen molar-refractivity contribution in [3.05, 3.63) is 77.4 Å². The molecule has 152 valence electrons. The normalized spacial score (nSPS) is 11.0. The van der Waals surface area contributed by atoms with Crippen LogP contribution in [0.2, 0.25) is 0 Å². The molecule has 0 aliphatic heterocycles. The van der Waals surface area contributed by atoms with Crippen LogP contribution in [0.1, 0.15) is 30.9 Å². The van der Waals surface area contributed by atoms with E-state index in [1.165, 1.54) is 16.7 Å². The minimum atomic E-state index is 0.202. The maximum absolute atomic E-state index is 11.2. The lowest BCUT2D eigenvalue weighted by Crippen LogP contribution is -2.04. The highest BCUT2D eigenvalue weighted by Gasteiger charge is 2.12. The molecule has 0 saturated heterocycles. The van der Waals surface area contributed by atoms with Crippen molar-refractivity contribution in [3.8, 4) is 11.1 Å². The summed E-state index contributed by atoms with van der Waals surface area (Å²) in [6.45, 7) is 2.50. The Morgan fingerprint density at radius 1 is 0.967 bits per heavy atom. The molecule has 4 aromatic rings. The summed E-state index contributed by atoms with van der Waals surface area (Å²) in [5, 5.41) is 6.79. The molecule has 0 spiro atoms. The molecule has 4 rings (SSSR count). The number of nitrogens with one attached hydrogen (secondary N) is 1. The number of benzene rings is 2. The number of ketones is 1. The standard InChI is InChI=1S/C25H25N3OS/c1-18(29)15-20-12-10-19(11-13-20)7-5-6-14-26-24-23-22(21-8-3-2-4-9-21)16-30-25(23)28-17-27-24/h2-4,8-13,16-17H,5-7,14-15H2,1H3,(H,26,27,28). The lowest BCUT2D eigenvalue weighted by atomic mass is 10.0. The fourth-order valence-corrected chi connectivity index (χ4v) is 4.53. The van der Waals surface area contributed by atoms with Crippen molar-refractivity contribution in [2.24, 2.45) is 0 Å². The van der Waals surface area contributed by atoms with Gasteiger partial charge in [0, 0.05) is 23.9 Å². The minimum Gasteiger partial charge on any atom is -0.369 e. The van der Waals surface area contributed by atoms with E-state index in [4.69, 9.17) is 0 Å². The average Bonchev–Trinajstić information content (AvgIpc) is 3.20. The third kappa shape index (κ3) is 4.92. The molecule has 0 fully saturated rings. The Bertz CT molecular complexity index is 1120. The molecule has 2 heterocycles. The summed E-state index contributed by atoms with van der Waals surface area (Å²) in [6.07, 6.45) is 5.35. The van der Waals surface area contributed by atoms with Crippen LogP contribution in [0.4, 0.5) is 5.82 Å². The molecule has 0 saturated carbocycles. The predicted molar refractivity (Wildman–Crippen MR) is 125 cm³/mol. The highest BCUT2D eigenvalue weighted by Crippen LogP contribution is 2.36. The van der Waals surface area contributed by atoms with Crippen molar-refractivity contribution in [2.75, 3.05) is 11.9 Å². The number of aryl methyl sites for hydroxylation is 1. The molecule has 0 atom stereocenters. The highest BCUT2D eigenvalue weighted by atomic mass is 32.1. The van der Waals surface area contributed by atoms with Crippen molar-refractivity contribution in [2.45, 2.75) is 32.6 Å². The maximum atomic E-state index is 11.2. The minimum absolute atomic E-state index is 0.202. The van der Waals surface area contributed by atoms with Crippen molar-refractivity contribution >= 4 is 33.2 Å². The van der Waals surface area contributed by atoms with Crippen LogP contribution in [0.25, 0.3) is 21.3 Å². The van der Waals surface area contributed by atoms with Crippen LogP contribution in [0.5, 0.6) is 0 Å². The number of hydrogen-bond donors (Lipinski definition) is 1. The Kier molecular flexibility index (Phi) is 6.50. The SMILES string of the molecule is CC(=O)Cc1ccc(CCCCNc2ncnc3scc(-c4ccccc4)c23)cc1. The topological polar surface area (TPSA) is 54.9 Å². The van der Waals surface area contributed by atoms with E-state index < -0.39 is 0 Å². The van der Waals surface area contributed by atoms with Gasteiger partial charge >= 0.3 is 0 Å². The van der Waals surface area contributed by atoms with Crippen LogP contribution < -0.4 is 5.32 Å². The van der Waals surface area contributed by atoms with Gasteiger partial charge in [-0.1, -0.05) is 54.6 Å². The summed E-state index contributed by atoms with van der Waals surface area (Å²) in [5.41, 5.74) is 4.78. The Morgan fingerprint density at radius 2 is 1.73 bits per heavy atom. The molecule has 0 bridgehead atoms. The first-order valence-electron chi connectivity index (χ1n) is 10.3. The maximum Gasteiger partial charge on any atom is 0.138 e. The van der Waals surface area contributed by atoms with E-state index in [-0.39, 0.29) is 5.78 Å². The van der Waals surface area contributed by atoms with Crippen LogP contribution in [-0.2, 0) is 17.6 Å². The van der Waals surface area contributed by atoms with Crippen LogP contribution in [0, 0.1) is 0 Å². The van der Waals surface area contributed by atoms with Gasteiger partial charge in [-0.15, -0.1) is 11.3 Å². The van der Waals surface area contributed by atoms with Crippen molar-refractivity contribution < 1.29 is 4.79 Å². The lowest BCUT2D eigenvalue weighted by Gasteiger charge is -2.09. The largest absolute Gasteiger partial charge is 0.369 e. The fraction of sp³-hybridized carbons (Fsp3) is 0.240. The van der Waals surface area contributed by atoms with Gasteiger partial charge in [0.15, 0.2) is 0 Å². The van der Waals surface area contributed by atoms with E-state index in [0.717, 1.165) is 47.4 Å². The van der Waals surface area contributed by atoms with E-state index in [2.05, 4.69) is 69.2 Å². The number of rotatable bonds is 9. The quantitative estimate of drug-likeness (QED) is 0.345. The molecule has 0 radical (unpaired) electrons. The molecular weight excluding hydrogens is 390 g/mol. The second-order valence-electron chi connectivity index (χ2n) is 7.50. The third-order valence-electron chi connectivity index (χ3n) is 5.12. The van der Waals surface area contributed by atoms with Gasteiger partial charge in [0.2, 0.25) is 0 Å². The monoisotopic (exact) mass is 415 g/mol. The number of unbranched alkanes of at least 4 members (excludes halogenated alkanes) is 1. The van der Waals surface area contributed by atoms with Gasteiger partial charge in [-0.3, -0.25) is 4.79 Å². The summed E-state index contributed by atoms with van der Waals surface area (Å²) < 4.78 is 0. The molecule has 1 N–H and O–H groups in total. The zero-order valence-corrected chi connectivity index (χ0v) is 17.9. The molecule has 2 aromatic heterocycles. The Labute approximate surface area is 181 Å². The number of Topliss-reactive ketones (excluding diaryl/α,β-unsaturated/α-hetero) is 1. The summed E-state index contributed by atoms with van der Waals surface area (Å²) in [5.74, 6) is 1.11. The van der Waals surface area contributed by atoms with Gasteiger partial charge in [0.05, 0.1) is 5.39 Å². The number of nitrogens with zero attached hydrogens (tertiary/aromatic N) is 2. The van der Waals surface area contributed by atoms with Gasteiger partial charge < -0.3 is 5.32 Å². The summed E-state index contributed by atoms with van der Waals surface area (Å²) in [7, 11) is 0. The number of hydrogen-bond acceptors (Lipinski definition) is 5. The van der Waals surface area contributed by atoms with Crippen molar-refractivity contribution in [3.63, 3.8) is 0 Å². The van der Waals surface area contributed by atoms with E-state index in [9.17, 15) is 4.79 Å². The molecule has 0 amide bonds. The van der Waals surface area contributed by atoms with Gasteiger partial charge in [-0.05, 0) is 42.9 Å². The molecule has 0 aliphatic carbocycles. The summed E-state index contributed by atoms with van der Waals surface area (Å²) in [6, 6.07) is 18.8. The molecule has 0 unspecified atom stereocenters. The fourth-order valence-electron chi connectivity index (χ4n) is 3.61. The number of carbonyl (C=O) groups is 1. The molecule has 5 heteroatoms. The number of fused-ring (bicyclic) bond motifs is 1. The number of thiophene rings is 1. The van der Waals surface area contributed by atoms with Crippen molar-refractivity contribution in [1.29, 1.82) is 0 Å². The third-order valence-corrected chi connectivity index (χ3v) is 6.00. The van der Waals surface area contributed by atoms with Gasteiger partial charge in [-0.25, -0.2) is 9.97 Å². The first kappa shape index (κ1) is 20.2. The van der Waals surface area contributed by atoms with Crippen LogP contribution in [-0.4, -0.2) is 22.3 Å². The number of carbonyl (C=O) groups excluding carboxylic acids is 1. The van der Waals surface area contributed by atoms with Gasteiger partial charge in [-0.2, -0.15) is 0 Å². The molecule has 30 heavy (non-hydrogen) atoms. The van der Waals surface area contributed by atoms with E-state index in [0.29, 0.717) is 6.42 Å². The zero-order chi connectivity index (χ0) is 20.8. The summed E-state index contributed by atoms with van der Waals surface area (Å²) >= 11 is 1.66. The Morgan fingerprint density at radius 3 is 2.50 bits per heavy atom. The lowest BCUT2D eigenvalue weighted by molar-refractivity contribution is -0.116. The first-order chi connectivity index (χ1) is 14.7. The van der Waals surface area contributed by atoms with E-state index in [1.807, 2.05) is 6.07 Å². The van der Waals surface area contributed by atoms with Gasteiger partial charge in [0.1, 0.15) is 22.8 Å². The van der Waals surface area contributed by atoms with E-state index in [1.54, 1.807) is 24.6 Å². The molecule has 0 aliphatic rings. The predicted octanol–water partition coefficient (Wildman–Crippen LogP) is 5.92. The summed E-state index contributed by atoms with van der Waals surface area (Å²) in [4.78, 5) is 21.2. The molecule has 4 nitrogen and oxygen atoms in total. The van der Waals surface area contributed by atoms with E-state index >= 15 is 0 Å². The molecular formula is C25H25N3OS. The van der Waals surface area contributed by atoms with Crippen molar-refractivity contribution in [1.82, 2.24) is 9.97 Å². The number of anilines is 1. The highest BCUT2D eigenvalue weighted by molar-refractivity contribution is 7.17. The van der Waals surface area contributed by atoms with Crippen LogP contribution in [0.15, 0.2) is 66.3 Å². The van der Waals surface area contributed by atoms with Crippen LogP contribution >= 0.6 is 11.3 Å². The molecule has 2 aromatic carbocycles.